The third-order valence-corrected chi connectivity index (χ3v) is 3.73. The van der Waals surface area contributed by atoms with Gasteiger partial charge in [0.25, 0.3) is 0 Å². The molecule has 0 amide bonds. The van der Waals surface area contributed by atoms with Crippen LogP contribution in [0.3, 0.4) is 0 Å². The maximum Gasteiger partial charge on any atom is 0.209 e. The molecular weight excluding hydrogens is 381 g/mol. The Morgan fingerprint density at radius 1 is 1.52 bits per heavy atom. The summed E-state index contributed by atoms with van der Waals surface area (Å²) in [5.41, 5.74) is 9.46. The van der Waals surface area contributed by atoms with Gasteiger partial charge in [0.15, 0.2) is 6.19 Å². The maximum absolute atomic E-state index is 8.82. The molecule has 0 unspecified atom stereocenters. The van der Waals surface area contributed by atoms with Crippen molar-refractivity contribution < 1.29 is 0 Å². The van der Waals surface area contributed by atoms with E-state index in [9.17, 15) is 0 Å². The van der Waals surface area contributed by atoms with Crippen LogP contribution in [0.15, 0.2) is 28.3 Å². The number of azide groups is 1. The Bertz CT molecular complexity index is 624. The third kappa shape index (κ3) is 5.49. The minimum absolute atomic E-state index is 0.289. The van der Waals surface area contributed by atoms with E-state index in [0.29, 0.717) is 17.3 Å². The standard InChI is InChI=1S/C13H16IN7/c1-4-13(2,3)19-12(17-8-15)18-9-5-6-10(14)11(7-9)20-21-16/h5-7H,4H2,1-3H3,(H2,17,18,19). The second-order valence-electron chi connectivity index (χ2n) is 4.84. The summed E-state index contributed by atoms with van der Waals surface area (Å²) in [5, 5.41) is 18.0. The summed E-state index contributed by atoms with van der Waals surface area (Å²) in [7, 11) is 0. The van der Waals surface area contributed by atoms with E-state index in [2.05, 4.69) is 48.2 Å². The topological polar surface area (TPSA) is 109 Å². The van der Waals surface area contributed by atoms with E-state index in [1.54, 1.807) is 6.07 Å². The van der Waals surface area contributed by atoms with Gasteiger partial charge in [-0.3, -0.25) is 5.32 Å². The van der Waals surface area contributed by atoms with Crippen LogP contribution >= 0.6 is 22.6 Å². The summed E-state index contributed by atoms with van der Waals surface area (Å²) in [4.78, 5) is 7.27. The molecule has 1 rings (SSSR count). The van der Waals surface area contributed by atoms with Crippen LogP contribution in [-0.4, -0.2) is 11.5 Å². The normalized spacial score (nSPS) is 11.3. The summed E-state index contributed by atoms with van der Waals surface area (Å²) >= 11 is 2.09. The molecule has 0 saturated heterocycles. The van der Waals surface area contributed by atoms with Crippen LogP contribution in [0, 0.1) is 15.0 Å². The van der Waals surface area contributed by atoms with E-state index in [4.69, 9.17) is 10.8 Å². The van der Waals surface area contributed by atoms with Gasteiger partial charge in [-0.1, -0.05) is 12.0 Å². The van der Waals surface area contributed by atoms with E-state index < -0.39 is 0 Å². The molecule has 0 aliphatic heterocycles. The fourth-order valence-electron chi connectivity index (χ4n) is 1.37. The lowest BCUT2D eigenvalue weighted by molar-refractivity contribution is 0.503. The van der Waals surface area contributed by atoms with Gasteiger partial charge >= 0.3 is 0 Å². The zero-order valence-corrected chi connectivity index (χ0v) is 14.2. The monoisotopic (exact) mass is 397 g/mol. The largest absolute Gasteiger partial charge is 0.326 e. The first-order valence-corrected chi connectivity index (χ1v) is 7.36. The summed E-state index contributed by atoms with van der Waals surface area (Å²) in [5.74, 6) is 0.359. The SMILES string of the molecule is CCC(C)(C)N=C(NC#N)Nc1ccc(I)c(N=[N+]=[N-])c1. The number of benzene rings is 1. The number of aliphatic imine (C=N–C) groups is 1. The second kappa shape index (κ2) is 7.71. The Morgan fingerprint density at radius 2 is 2.24 bits per heavy atom. The smallest absolute Gasteiger partial charge is 0.209 e. The molecule has 0 bridgehead atoms. The number of nitriles is 1. The molecule has 0 aliphatic carbocycles. The van der Waals surface area contributed by atoms with Crippen molar-refractivity contribution in [3.8, 4) is 6.19 Å². The minimum atomic E-state index is -0.289. The molecule has 110 valence electrons. The second-order valence-corrected chi connectivity index (χ2v) is 6.01. The van der Waals surface area contributed by atoms with Gasteiger partial charge in [-0.15, -0.1) is 0 Å². The van der Waals surface area contributed by atoms with Gasteiger partial charge in [0.2, 0.25) is 5.96 Å². The van der Waals surface area contributed by atoms with Crippen LogP contribution in [0.5, 0.6) is 0 Å². The van der Waals surface area contributed by atoms with Gasteiger partial charge in [-0.2, -0.15) is 5.26 Å². The van der Waals surface area contributed by atoms with Crippen LogP contribution in [0.4, 0.5) is 11.4 Å². The fourth-order valence-corrected chi connectivity index (χ4v) is 1.82. The lowest BCUT2D eigenvalue weighted by Gasteiger charge is -2.19. The summed E-state index contributed by atoms with van der Waals surface area (Å²) in [6, 6.07) is 5.35. The van der Waals surface area contributed by atoms with Crippen molar-refractivity contribution in [2.75, 3.05) is 5.32 Å². The Kier molecular flexibility index (Phi) is 6.27. The van der Waals surface area contributed by atoms with Crippen molar-refractivity contribution in [2.24, 2.45) is 10.1 Å². The van der Waals surface area contributed by atoms with Crippen molar-refractivity contribution in [2.45, 2.75) is 32.7 Å². The van der Waals surface area contributed by atoms with Crippen molar-refractivity contribution in [3.05, 3.63) is 32.2 Å². The number of nitrogens with zero attached hydrogens (tertiary/aromatic N) is 5. The Morgan fingerprint density at radius 3 is 2.81 bits per heavy atom. The molecular formula is C13H16IN7. The molecule has 0 radical (unpaired) electrons. The molecule has 1 aromatic rings. The zero-order valence-electron chi connectivity index (χ0n) is 12.1. The number of halogens is 1. The minimum Gasteiger partial charge on any atom is -0.326 e. The Balaban J connectivity index is 3.08. The molecule has 0 aliphatic rings. The molecule has 8 heteroatoms. The average Bonchev–Trinajstić information content (AvgIpc) is 2.43. The first-order chi connectivity index (χ1) is 9.91. The molecule has 2 N–H and O–H groups in total. The Hall–Kier alpha value is -1.98. The quantitative estimate of drug-likeness (QED) is 0.116. The molecule has 21 heavy (non-hydrogen) atoms. The number of hydrogen-bond acceptors (Lipinski definition) is 3. The van der Waals surface area contributed by atoms with Gasteiger partial charge in [0, 0.05) is 14.2 Å². The Labute approximate surface area is 137 Å². The van der Waals surface area contributed by atoms with E-state index in [1.165, 1.54) is 0 Å². The van der Waals surface area contributed by atoms with Gasteiger partial charge in [-0.05, 0) is 66.6 Å². The molecule has 7 nitrogen and oxygen atoms in total. The van der Waals surface area contributed by atoms with Gasteiger partial charge < -0.3 is 5.32 Å². The highest BCUT2D eigenvalue weighted by molar-refractivity contribution is 14.1. The first-order valence-electron chi connectivity index (χ1n) is 6.28. The lowest BCUT2D eigenvalue weighted by Crippen LogP contribution is -2.31. The van der Waals surface area contributed by atoms with Crippen LogP contribution in [0.1, 0.15) is 27.2 Å². The van der Waals surface area contributed by atoms with Crippen LogP contribution in [0.25, 0.3) is 10.4 Å². The van der Waals surface area contributed by atoms with Gasteiger partial charge in [-0.25, -0.2) is 4.99 Å². The van der Waals surface area contributed by atoms with E-state index in [1.807, 2.05) is 39.1 Å². The number of anilines is 1. The lowest BCUT2D eigenvalue weighted by atomic mass is 10.0. The number of guanidine groups is 1. The number of rotatable bonds is 4. The van der Waals surface area contributed by atoms with Crippen molar-refractivity contribution >= 4 is 39.9 Å². The zero-order chi connectivity index (χ0) is 15.9. The van der Waals surface area contributed by atoms with E-state index in [0.717, 1.165) is 9.99 Å². The molecule has 0 saturated carbocycles. The third-order valence-electron chi connectivity index (χ3n) is 2.82. The number of nitrogens with one attached hydrogen (secondary N) is 2. The van der Waals surface area contributed by atoms with Crippen LogP contribution in [0.2, 0.25) is 0 Å². The number of hydrogen-bond donors (Lipinski definition) is 2. The highest BCUT2D eigenvalue weighted by Gasteiger charge is 2.15. The summed E-state index contributed by atoms with van der Waals surface area (Å²) in [6.45, 7) is 5.98. The predicted molar refractivity (Wildman–Crippen MR) is 92.1 cm³/mol. The van der Waals surface area contributed by atoms with Crippen molar-refractivity contribution in [3.63, 3.8) is 0 Å². The molecule has 0 atom stereocenters. The van der Waals surface area contributed by atoms with Crippen molar-refractivity contribution in [1.29, 1.82) is 5.26 Å². The fraction of sp³-hybridized carbons (Fsp3) is 0.385. The van der Waals surface area contributed by atoms with Crippen LogP contribution < -0.4 is 10.6 Å². The van der Waals surface area contributed by atoms with Gasteiger partial charge in [0.05, 0.1) is 11.2 Å². The maximum atomic E-state index is 8.82. The van der Waals surface area contributed by atoms with Gasteiger partial charge in [0.1, 0.15) is 0 Å². The van der Waals surface area contributed by atoms with E-state index >= 15 is 0 Å². The predicted octanol–water partition coefficient (Wildman–Crippen LogP) is 4.26. The average molecular weight is 397 g/mol. The highest BCUT2D eigenvalue weighted by Crippen LogP contribution is 2.25. The summed E-state index contributed by atoms with van der Waals surface area (Å²) in [6.07, 6.45) is 2.69. The molecule has 0 heterocycles. The molecule has 1 aromatic carbocycles. The molecule has 0 fully saturated rings. The van der Waals surface area contributed by atoms with Crippen molar-refractivity contribution in [1.82, 2.24) is 5.32 Å². The highest BCUT2D eigenvalue weighted by atomic mass is 127. The molecule has 0 aromatic heterocycles. The summed E-state index contributed by atoms with van der Waals surface area (Å²) < 4.78 is 0.844. The first kappa shape index (κ1) is 17.1. The van der Waals surface area contributed by atoms with Crippen LogP contribution in [-0.2, 0) is 0 Å². The molecule has 0 spiro atoms. The van der Waals surface area contributed by atoms with E-state index in [-0.39, 0.29) is 5.54 Å².